The second kappa shape index (κ2) is 5.72. The van der Waals surface area contributed by atoms with Crippen LogP contribution >= 0.6 is 15.9 Å². The van der Waals surface area contributed by atoms with E-state index in [0.717, 1.165) is 16.1 Å². The summed E-state index contributed by atoms with van der Waals surface area (Å²) in [5.41, 5.74) is 0. The SMILES string of the molecule is CC(Oc1cccc(Br)c1)C1CCCCC1. The van der Waals surface area contributed by atoms with Gasteiger partial charge in [-0.25, -0.2) is 0 Å². The van der Waals surface area contributed by atoms with Crippen LogP contribution in [-0.2, 0) is 0 Å². The first-order chi connectivity index (χ1) is 7.75. The highest BCUT2D eigenvalue weighted by Gasteiger charge is 2.21. The molecule has 16 heavy (non-hydrogen) atoms. The van der Waals surface area contributed by atoms with Crippen LogP contribution in [0.2, 0.25) is 0 Å². The molecule has 0 bridgehead atoms. The maximum atomic E-state index is 6.00. The van der Waals surface area contributed by atoms with E-state index in [1.807, 2.05) is 24.3 Å². The second-order valence-electron chi connectivity index (χ2n) is 4.68. The molecule has 1 atom stereocenters. The normalized spacial score (nSPS) is 19.4. The van der Waals surface area contributed by atoms with Gasteiger partial charge in [-0.05, 0) is 43.9 Å². The summed E-state index contributed by atoms with van der Waals surface area (Å²) in [6, 6.07) is 8.12. The lowest BCUT2D eigenvalue weighted by atomic mass is 9.86. The average Bonchev–Trinajstić information content (AvgIpc) is 2.30. The van der Waals surface area contributed by atoms with Gasteiger partial charge in [0.1, 0.15) is 5.75 Å². The molecular weight excluding hydrogens is 264 g/mol. The first-order valence-electron chi connectivity index (χ1n) is 6.18. The maximum absolute atomic E-state index is 6.00. The molecule has 0 amide bonds. The Kier molecular flexibility index (Phi) is 4.28. The van der Waals surface area contributed by atoms with Crippen LogP contribution in [-0.4, -0.2) is 6.10 Å². The number of hydrogen-bond acceptors (Lipinski definition) is 1. The van der Waals surface area contributed by atoms with Crippen molar-refractivity contribution >= 4 is 15.9 Å². The van der Waals surface area contributed by atoms with Gasteiger partial charge in [0.25, 0.3) is 0 Å². The van der Waals surface area contributed by atoms with Gasteiger partial charge in [0.15, 0.2) is 0 Å². The first kappa shape index (κ1) is 12.0. The van der Waals surface area contributed by atoms with Crippen LogP contribution in [0.15, 0.2) is 28.7 Å². The van der Waals surface area contributed by atoms with Crippen LogP contribution in [0.5, 0.6) is 5.75 Å². The summed E-state index contributed by atoms with van der Waals surface area (Å²) in [4.78, 5) is 0. The fourth-order valence-corrected chi connectivity index (χ4v) is 2.83. The Bertz CT molecular complexity index is 331. The highest BCUT2D eigenvalue weighted by molar-refractivity contribution is 9.10. The Morgan fingerprint density at radius 3 is 2.69 bits per heavy atom. The summed E-state index contributed by atoms with van der Waals surface area (Å²) in [7, 11) is 0. The minimum atomic E-state index is 0.342. The molecular formula is C14H19BrO. The van der Waals surface area contributed by atoms with Crippen LogP contribution in [0.1, 0.15) is 39.0 Å². The van der Waals surface area contributed by atoms with Crippen LogP contribution in [0.3, 0.4) is 0 Å². The second-order valence-corrected chi connectivity index (χ2v) is 5.59. The molecule has 1 aliphatic rings. The van der Waals surface area contributed by atoms with Gasteiger partial charge >= 0.3 is 0 Å². The Morgan fingerprint density at radius 2 is 2.00 bits per heavy atom. The zero-order valence-electron chi connectivity index (χ0n) is 9.79. The summed E-state index contributed by atoms with van der Waals surface area (Å²) in [5, 5.41) is 0. The average molecular weight is 283 g/mol. The van der Waals surface area contributed by atoms with E-state index in [4.69, 9.17) is 4.74 Å². The van der Waals surface area contributed by atoms with Gasteiger partial charge in [-0.1, -0.05) is 41.3 Å². The van der Waals surface area contributed by atoms with Crippen LogP contribution < -0.4 is 4.74 Å². The Morgan fingerprint density at radius 1 is 1.25 bits per heavy atom. The third-order valence-electron chi connectivity index (χ3n) is 3.43. The van der Waals surface area contributed by atoms with Gasteiger partial charge in [-0.3, -0.25) is 0 Å². The number of rotatable bonds is 3. The van der Waals surface area contributed by atoms with Crippen molar-refractivity contribution in [1.29, 1.82) is 0 Å². The minimum Gasteiger partial charge on any atom is -0.490 e. The molecule has 0 saturated heterocycles. The highest BCUT2D eigenvalue weighted by atomic mass is 79.9. The van der Waals surface area contributed by atoms with Gasteiger partial charge in [0, 0.05) is 4.47 Å². The Hall–Kier alpha value is -0.500. The van der Waals surface area contributed by atoms with E-state index in [9.17, 15) is 0 Å². The summed E-state index contributed by atoms with van der Waals surface area (Å²) in [6.45, 7) is 2.21. The molecule has 1 saturated carbocycles. The quantitative estimate of drug-likeness (QED) is 0.774. The van der Waals surface area contributed by atoms with Crippen molar-refractivity contribution in [2.75, 3.05) is 0 Å². The smallest absolute Gasteiger partial charge is 0.120 e. The molecule has 88 valence electrons. The zero-order valence-corrected chi connectivity index (χ0v) is 11.4. The molecule has 0 spiro atoms. The molecule has 1 aromatic rings. The lowest BCUT2D eigenvalue weighted by molar-refractivity contribution is 0.123. The topological polar surface area (TPSA) is 9.23 Å². The fourth-order valence-electron chi connectivity index (χ4n) is 2.45. The molecule has 2 heteroatoms. The number of ether oxygens (including phenoxy) is 1. The van der Waals surface area contributed by atoms with Crippen LogP contribution in [0.25, 0.3) is 0 Å². The maximum Gasteiger partial charge on any atom is 0.120 e. The highest BCUT2D eigenvalue weighted by Crippen LogP contribution is 2.29. The number of benzene rings is 1. The van der Waals surface area contributed by atoms with E-state index in [1.165, 1.54) is 32.1 Å². The molecule has 0 radical (unpaired) electrons. The van der Waals surface area contributed by atoms with Crippen molar-refractivity contribution in [3.63, 3.8) is 0 Å². The van der Waals surface area contributed by atoms with Crippen molar-refractivity contribution in [2.45, 2.75) is 45.1 Å². The lowest BCUT2D eigenvalue weighted by Gasteiger charge is -2.28. The van der Waals surface area contributed by atoms with Gasteiger partial charge < -0.3 is 4.74 Å². The van der Waals surface area contributed by atoms with Crippen LogP contribution in [0.4, 0.5) is 0 Å². The van der Waals surface area contributed by atoms with E-state index in [2.05, 4.69) is 22.9 Å². The van der Waals surface area contributed by atoms with Crippen molar-refractivity contribution in [2.24, 2.45) is 5.92 Å². The van der Waals surface area contributed by atoms with E-state index >= 15 is 0 Å². The van der Waals surface area contributed by atoms with E-state index in [-0.39, 0.29) is 0 Å². The standard InChI is InChI=1S/C14H19BrO/c1-11(12-6-3-2-4-7-12)16-14-9-5-8-13(15)10-14/h5,8-12H,2-4,6-7H2,1H3. The lowest BCUT2D eigenvalue weighted by Crippen LogP contribution is -2.25. The van der Waals surface area contributed by atoms with E-state index < -0.39 is 0 Å². The number of halogens is 1. The van der Waals surface area contributed by atoms with Gasteiger partial charge in [0.2, 0.25) is 0 Å². The zero-order chi connectivity index (χ0) is 11.4. The monoisotopic (exact) mass is 282 g/mol. The molecule has 1 aromatic carbocycles. The van der Waals surface area contributed by atoms with Crippen molar-refractivity contribution in [3.05, 3.63) is 28.7 Å². The molecule has 1 aliphatic carbocycles. The third kappa shape index (κ3) is 3.24. The molecule has 1 fully saturated rings. The minimum absolute atomic E-state index is 0.342. The molecule has 0 N–H and O–H groups in total. The number of hydrogen-bond donors (Lipinski definition) is 0. The Balaban J connectivity index is 1.93. The fraction of sp³-hybridized carbons (Fsp3) is 0.571. The summed E-state index contributed by atoms with van der Waals surface area (Å²) < 4.78 is 7.09. The van der Waals surface area contributed by atoms with Gasteiger partial charge in [0.05, 0.1) is 6.10 Å². The molecule has 0 heterocycles. The van der Waals surface area contributed by atoms with Gasteiger partial charge in [-0.15, -0.1) is 0 Å². The van der Waals surface area contributed by atoms with E-state index in [0.29, 0.717) is 6.10 Å². The van der Waals surface area contributed by atoms with Crippen molar-refractivity contribution in [3.8, 4) is 5.75 Å². The Labute approximate surface area is 106 Å². The predicted molar refractivity (Wildman–Crippen MR) is 70.8 cm³/mol. The van der Waals surface area contributed by atoms with Crippen molar-refractivity contribution in [1.82, 2.24) is 0 Å². The van der Waals surface area contributed by atoms with Crippen molar-refractivity contribution < 1.29 is 4.74 Å². The van der Waals surface area contributed by atoms with E-state index in [1.54, 1.807) is 0 Å². The molecule has 2 rings (SSSR count). The van der Waals surface area contributed by atoms with Gasteiger partial charge in [-0.2, -0.15) is 0 Å². The predicted octanol–water partition coefficient (Wildman–Crippen LogP) is 4.80. The van der Waals surface area contributed by atoms with Crippen LogP contribution in [0, 0.1) is 5.92 Å². The molecule has 1 unspecified atom stereocenters. The summed E-state index contributed by atoms with van der Waals surface area (Å²) >= 11 is 3.47. The third-order valence-corrected chi connectivity index (χ3v) is 3.92. The largest absolute Gasteiger partial charge is 0.490 e. The summed E-state index contributed by atoms with van der Waals surface area (Å²) in [6.07, 6.45) is 7.15. The molecule has 1 nitrogen and oxygen atoms in total. The molecule has 0 aliphatic heterocycles. The molecule has 0 aromatic heterocycles. The first-order valence-corrected chi connectivity index (χ1v) is 6.97. The summed E-state index contributed by atoms with van der Waals surface area (Å²) in [5.74, 6) is 1.72.